The molecule has 0 atom stereocenters. The van der Waals surface area contributed by atoms with Crippen LogP contribution in [0.25, 0.3) is 88.0 Å². The molecule has 1 spiro atoms. The SMILES string of the molecule is c1ccc(-c2ccc(-c3c(-c4ccc(N(c5ccc6c(c5)C5(c7ccccc7-c7ccccc75)c5ccccc5-6)c5cc6ccccc6c6ccccc56)cc4)ccc4ccccc34)cc2)cc1. The summed E-state index contributed by atoms with van der Waals surface area (Å²) in [6.07, 6.45) is 0. The van der Waals surface area contributed by atoms with Gasteiger partial charge in [-0.15, -0.1) is 0 Å². The first kappa shape index (κ1) is 38.5. The molecule has 0 amide bonds. The largest absolute Gasteiger partial charge is 0.310 e. The highest BCUT2D eigenvalue weighted by molar-refractivity contribution is 6.15. The van der Waals surface area contributed by atoms with Gasteiger partial charge in [0.05, 0.1) is 11.1 Å². The van der Waals surface area contributed by atoms with Gasteiger partial charge in [0.25, 0.3) is 0 Å². The fourth-order valence-corrected chi connectivity index (χ4v) is 11.9. The summed E-state index contributed by atoms with van der Waals surface area (Å²) in [6, 6.07) is 97.0. The van der Waals surface area contributed by atoms with E-state index in [4.69, 9.17) is 0 Å². The Balaban J connectivity index is 0.979. The van der Waals surface area contributed by atoms with Crippen LogP contribution in [-0.2, 0) is 5.41 Å². The van der Waals surface area contributed by atoms with Crippen LogP contribution in [0.2, 0.25) is 0 Å². The van der Waals surface area contributed by atoms with Gasteiger partial charge in [-0.2, -0.15) is 0 Å². The van der Waals surface area contributed by atoms with Crippen molar-refractivity contribution in [3.8, 4) is 55.6 Å². The summed E-state index contributed by atoms with van der Waals surface area (Å²) in [5.41, 5.74) is 20.7. The number of rotatable bonds is 6. The van der Waals surface area contributed by atoms with E-state index in [-0.39, 0.29) is 0 Å². The van der Waals surface area contributed by atoms with Crippen molar-refractivity contribution >= 4 is 49.4 Å². The lowest BCUT2D eigenvalue weighted by atomic mass is 9.70. The van der Waals surface area contributed by atoms with Gasteiger partial charge in [-0.3, -0.25) is 0 Å². The highest BCUT2D eigenvalue weighted by Crippen LogP contribution is 2.63. The number of anilines is 3. The van der Waals surface area contributed by atoms with Gasteiger partial charge >= 0.3 is 0 Å². The van der Waals surface area contributed by atoms with Crippen molar-refractivity contribution in [1.82, 2.24) is 0 Å². The second-order valence-electron chi connectivity index (χ2n) is 18.3. The second kappa shape index (κ2) is 15.1. The number of nitrogens with zero attached hydrogens (tertiary/aromatic N) is 1. The molecule has 1 heteroatoms. The van der Waals surface area contributed by atoms with E-state index in [1.165, 1.54) is 110 Å². The Morgan fingerprint density at radius 1 is 0.250 bits per heavy atom. The maximum Gasteiger partial charge on any atom is 0.0726 e. The van der Waals surface area contributed by atoms with E-state index in [0.717, 1.165) is 17.1 Å². The molecular formula is C67H43N. The molecule has 0 radical (unpaired) electrons. The molecule has 0 aromatic heterocycles. The van der Waals surface area contributed by atoms with E-state index < -0.39 is 5.41 Å². The van der Waals surface area contributed by atoms with E-state index in [1.807, 2.05) is 0 Å². The zero-order chi connectivity index (χ0) is 44.8. The first-order valence-corrected chi connectivity index (χ1v) is 23.7. The predicted octanol–water partition coefficient (Wildman–Crippen LogP) is 18.0. The molecule has 0 fully saturated rings. The molecule has 68 heavy (non-hydrogen) atoms. The Bertz CT molecular complexity index is 3890. The van der Waals surface area contributed by atoms with E-state index in [0.29, 0.717) is 0 Å². The summed E-state index contributed by atoms with van der Waals surface area (Å²) in [4.78, 5) is 2.51. The Labute approximate surface area is 396 Å². The van der Waals surface area contributed by atoms with E-state index in [2.05, 4.69) is 266 Å². The summed E-state index contributed by atoms with van der Waals surface area (Å²) in [5, 5.41) is 7.39. The van der Waals surface area contributed by atoms with Crippen LogP contribution in [0.5, 0.6) is 0 Å². The van der Waals surface area contributed by atoms with Crippen molar-refractivity contribution in [2.45, 2.75) is 5.41 Å². The van der Waals surface area contributed by atoms with Crippen molar-refractivity contribution in [2.24, 2.45) is 0 Å². The monoisotopic (exact) mass is 861 g/mol. The predicted molar refractivity (Wildman–Crippen MR) is 286 cm³/mol. The molecule has 0 unspecified atom stereocenters. The third-order valence-electron chi connectivity index (χ3n) is 14.9. The Morgan fingerprint density at radius 2 is 0.721 bits per heavy atom. The fraction of sp³-hybridized carbons (Fsp3) is 0.0149. The number of hydrogen-bond donors (Lipinski definition) is 0. The molecule has 316 valence electrons. The molecule has 1 nitrogen and oxygen atoms in total. The highest BCUT2D eigenvalue weighted by atomic mass is 15.1. The van der Waals surface area contributed by atoms with Gasteiger partial charge in [-0.05, 0) is 135 Å². The van der Waals surface area contributed by atoms with Crippen LogP contribution in [-0.4, -0.2) is 0 Å². The smallest absolute Gasteiger partial charge is 0.0726 e. The van der Waals surface area contributed by atoms with Gasteiger partial charge in [-0.1, -0.05) is 231 Å². The third kappa shape index (κ3) is 5.63. The Kier molecular flexibility index (Phi) is 8.57. The van der Waals surface area contributed by atoms with Crippen molar-refractivity contribution in [2.75, 3.05) is 4.90 Å². The van der Waals surface area contributed by atoms with Crippen LogP contribution in [0.15, 0.2) is 261 Å². The van der Waals surface area contributed by atoms with Crippen LogP contribution < -0.4 is 4.90 Å². The number of fused-ring (bicyclic) bond motifs is 14. The first-order chi connectivity index (χ1) is 33.7. The minimum atomic E-state index is -0.456. The van der Waals surface area contributed by atoms with Crippen LogP contribution >= 0.6 is 0 Å². The number of hydrogen-bond acceptors (Lipinski definition) is 1. The topological polar surface area (TPSA) is 3.24 Å². The van der Waals surface area contributed by atoms with E-state index in [9.17, 15) is 0 Å². The summed E-state index contributed by atoms with van der Waals surface area (Å²) >= 11 is 0. The summed E-state index contributed by atoms with van der Waals surface area (Å²) in [5.74, 6) is 0. The lowest BCUT2D eigenvalue weighted by Crippen LogP contribution is -2.26. The molecule has 0 bridgehead atoms. The van der Waals surface area contributed by atoms with Crippen molar-refractivity contribution in [1.29, 1.82) is 0 Å². The van der Waals surface area contributed by atoms with E-state index in [1.54, 1.807) is 0 Å². The lowest BCUT2D eigenvalue weighted by Gasteiger charge is -2.32. The van der Waals surface area contributed by atoms with Gasteiger partial charge in [-0.25, -0.2) is 0 Å². The van der Waals surface area contributed by atoms with Crippen molar-refractivity contribution in [3.63, 3.8) is 0 Å². The van der Waals surface area contributed by atoms with E-state index >= 15 is 0 Å². The van der Waals surface area contributed by atoms with Crippen molar-refractivity contribution < 1.29 is 0 Å². The van der Waals surface area contributed by atoms with Gasteiger partial charge in [0.2, 0.25) is 0 Å². The minimum absolute atomic E-state index is 0.456. The molecule has 0 saturated carbocycles. The quantitative estimate of drug-likeness (QED) is 0.151. The minimum Gasteiger partial charge on any atom is -0.310 e. The average Bonchev–Trinajstić information content (AvgIpc) is 3.88. The summed E-state index contributed by atoms with van der Waals surface area (Å²) in [6.45, 7) is 0. The maximum atomic E-state index is 2.51. The fourth-order valence-electron chi connectivity index (χ4n) is 11.9. The average molecular weight is 862 g/mol. The molecule has 12 aromatic carbocycles. The molecule has 0 saturated heterocycles. The maximum absolute atomic E-state index is 2.51. The molecule has 12 aromatic rings. The molecule has 2 aliphatic carbocycles. The normalized spacial score (nSPS) is 12.8. The molecular weight excluding hydrogens is 819 g/mol. The summed E-state index contributed by atoms with van der Waals surface area (Å²) < 4.78 is 0. The zero-order valence-corrected chi connectivity index (χ0v) is 37.3. The van der Waals surface area contributed by atoms with Gasteiger partial charge in [0.15, 0.2) is 0 Å². The molecule has 0 aliphatic heterocycles. The Morgan fingerprint density at radius 3 is 1.40 bits per heavy atom. The third-order valence-corrected chi connectivity index (χ3v) is 14.9. The van der Waals surface area contributed by atoms with Crippen LogP contribution in [0.3, 0.4) is 0 Å². The first-order valence-electron chi connectivity index (χ1n) is 23.7. The second-order valence-corrected chi connectivity index (χ2v) is 18.3. The Hall–Kier alpha value is -8.78. The number of benzene rings is 12. The zero-order valence-electron chi connectivity index (χ0n) is 37.3. The standard InChI is InChI=1S/C67H43N/c1-2-16-44(17-3-1)45-30-32-48(33-31-45)66-53-21-7-4-18-46(53)36-40-54(66)47-34-37-50(38-35-47)68(65-42-49-19-5-6-20-52(49)55-22-8-9-26-60(55)65)51-39-41-59-58-25-12-15-29-63(58)67(64(59)43-51)61-27-13-10-23-56(61)57-24-11-14-28-62(57)67/h1-43H. The van der Waals surface area contributed by atoms with Gasteiger partial charge < -0.3 is 4.90 Å². The van der Waals surface area contributed by atoms with Crippen LogP contribution in [0.1, 0.15) is 22.3 Å². The molecule has 0 N–H and O–H groups in total. The van der Waals surface area contributed by atoms with Crippen LogP contribution in [0.4, 0.5) is 17.1 Å². The lowest BCUT2D eigenvalue weighted by molar-refractivity contribution is 0.793. The van der Waals surface area contributed by atoms with Gasteiger partial charge in [0.1, 0.15) is 0 Å². The molecule has 2 aliphatic rings. The summed E-state index contributed by atoms with van der Waals surface area (Å²) in [7, 11) is 0. The van der Waals surface area contributed by atoms with Crippen molar-refractivity contribution in [3.05, 3.63) is 283 Å². The van der Waals surface area contributed by atoms with Crippen LogP contribution in [0, 0.1) is 0 Å². The molecule has 0 heterocycles. The highest BCUT2D eigenvalue weighted by Gasteiger charge is 2.51. The molecule has 14 rings (SSSR count). The van der Waals surface area contributed by atoms with Gasteiger partial charge in [0, 0.05) is 16.8 Å².